The second-order valence-electron chi connectivity index (χ2n) is 9.68. The lowest BCUT2D eigenvalue weighted by molar-refractivity contribution is 0.121. The molecule has 2 aliphatic rings. The second kappa shape index (κ2) is 11.2. The molecule has 2 aromatic carbocycles. The fourth-order valence-electron chi connectivity index (χ4n) is 5.12. The highest BCUT2D eigenvalue weighted by Gasteiger charge is 2.20. The number of rotatable bonds is 7. The molecule has 1 aromatic heterocycles. The summed E-state index contributed by atoms with van der Waals surface area (Å²) in [6, 6.07) is 19.4. The second-order valence-corrected chi connectivity index (χ2v) is 9.68. The Bertz CT molecular complexity index is 1110. The highest BCUT2D eigenvalue weighted by atomic mass is 16.5. The van der Waals surface area contributed by atoms with E-state index in [0.717, 1.165) is 82.7 Å². The minimum Gasteiger partial charge on any atom is -0.496 e. The average Bonchev–Trinajstić information content (AvgIpc) is 3.07. The minimum absolute atomic E-state index is 0.722. The van der Waals surface area contributed by atoms with E-state index in [9.17, 15) is 0 Å². The van der Waals surface area contributed by atoms with E-state index in [0.29, 0.717) is 0 Å². The molecule has 184 valence electrons. The van der Waals surface area contributed by atoms with Gasteiger partial charge in [-0.25, -0.2) is 0 Å². The molecule has 0 saturated carbocycles. The predicted molar refractivity (Wildman–Crippen MR) is 139 cm³/mol. The standard InChI is InChI=1S/C29H36N4O2/c1-23-17-24(6-8-28(23)34-2)20-33-15-16-35-29-9-7-25(18-26(29)21-33)19-31-11-13-32(14-12-31)22-27-5-3-4-10-30-27/h3-10,17-18H,11-16,19-22H2,1-2H3. The molecule has 1 fully saturated rings. The fraction of sp³-hybridized carbons (Fsp3) is 0.414. The molecule has 0 amide bonds. The number of pyridine rings is 1. The highest BCUT2D eigenvalue weighted by molar-refractivity contribution is 5.39. The van der Waals surface area contributed by atoms with Gasteiger partial charge in [0.05, 0.1) is 12.8 Å². The summed E-state index contributed by atoms with van der Waals surface area (Å²) in [6.07, 6.45) is 1.88. The molecule has 0 bridgehead atoms. The highest BCUT2D eigenvalue weighted by Crippen LogP contribution is 2.27. The van der Waals surface area contributed by atoms with Gasteiger partial charge < -0.3 is 9.47 Å². The summed E-state index contributed by atoms with van der Waals surface area (Å²) in [5, 5.41) is 0. The number of fused-ring (bicyclic) bond motifs is 1. The SMILES string of the molecule is COc1ccc(CN2CCOc3ccc(CN4CCN(Cc5ccccn5)CC4)cc3C2)cc1C. The van der Waals surface area contributed by atoms with Gasteiger partial charge in [0.1, 0.15) is 18.1 Å². The Morgan fingerprint density at radius 3 is 2.31 bits per heavy atom. The molecule has 6 heteroatoms. The average molecular weight is 473 g/mol. The quantitative estimate of drug-likeness (QED) is 0.516. The van der Waals surface area contributed by atoms with Crippen LogP contribution in [-0.4, -0.2) is 66.1 Å². The minimum atomic E-state index is 0.722. The lowest BCUT2D eigenvalue weighted by Gasteiger charge is -2.34. The number of aromatic nitrogens is 1. The summed E-state index contributed by atoms with van der Waals surface area (Å²) in [6.45, 7) is 11.8. The van der Waals surface area contributed by atoms with Crippen molar-refractivity contribution in [3.63, 3.8) is 0 Å². The van der Waals surface area contributed by atoms with Crippen molar-refractivity contribution in [1.29, 1.82) is 0 Å². The summed E-state index contributed by atoms with van der Waals surface area (Å²) >= 11 is 0. The number of benzene rings is 2. The first-order valence-corrected chi connectivity index (χ1v) is 12.6. The van der Waals surface area contributed by atoms with Crippen molar-refractivity contribution in [2.75, 3.05) is 46.4 Å². The van der Waals surface area contributed by atoms with Gasteiger partial charge >= 0.3 is 0 Å². The molecule has 3 heterocycles. The van der Waals surface area contributed by atoms with Crippen molar-refractivity contribution in [3.05, 3.63) is 88.7 Å². The first-order chi connectivity index (χ1) is 17.2. The van der Waals surface area contributed by atoms with Crippen LogP contribution in [0.1, 0.15) is 27.9 Å². The molecule has 2 aliphatic heterocycles. The van der Waals surface area contributed by atoms with Crippen molar-refractivity contribution in [1.82, 2.24) is 19.7 Å². The molecule has 0 atom stereocenters. The molecule has 0 N–H and O–H groups in total. The van der Waals surface area contributed by atoms with Crippen molar-refractivity contribution < 1.29 is 9.47 Å². The van der Waals surface area contributed by atoms with Crippen LogP contribution in [0.3, 0.4) is 0 Å². The number of hydrogen-bond acceptors (Lipinski definition) is 6. The monoisotopic (exact) mass is 472 g/mol. The third-order valence-corrected chi connectivity index (χ3v) is 7.03. The van der Waals surface area contributed by atoms with E-state index in [1.807, 2.05) is 12.3 Å². The lowest BCUT2D eigenvalue weighted by atomic mass is 10.1. The Hall–Kier alpha value is -2.93. The van der Waals surface area contributed by atoms with Crippen molar-refractivity contribution in [3.8, 4) is 11.5 Å². The van der Waals surface area contributed by atoms with Crippen LogP contribution in [0.5, 0.6) is 11.5 Å². The topological polar surface area (TPSA) is 41.1 Å². The summed E-state index contributed by atoms with van der Waals surface area (Å²) in [4.78, 5) is 12.0. The maximum Gasteiger partial charge on any atom is 0.123 e. The van der Waals surface area contributed by atoms with Crippen LogP contribution in [0, 0.1) is 6.92 Å². The molecular formula is C29H36N4O2. The van der Waals surface area contributed by atoms with Gasteiger partial charge in [0.15, 0.2) is 0 Å². The van der Waals surface area contributed by atoms with Crippen LogP contribution in [0.25, 0.3) is 0 Å². The lowest BCUT2D eigenvalue weighted by Crippen LogP contribution is -2.45. The maximum absolute atomic E-state index is 6.10. The summed E-state index contributed by atoms with van der Waals surface area (Å²) in [7, 11) is 1.73. The van der Waals surface area contributed by atoms with E-state index in [4.69, 9.17) is 9.47 Å². The zero-order chi connectivity index (χ0) is 24.0. The molecule has 0 aliphatic carbocycles. The van der Waals surface area contributed by atoms with Gasteiger partial charge in [-0.3, -0.25) is 19.7 Å². The number of nitrogens with zero attached hydrogens (tertiary/aromatic N) is 4. The van der Waals surface area contributed by atoms with E-state index in [-0.39, 0.29) is 0 Å². The largest absolute Gasteiger partial charge is 0.496 e. The molecule has 35 heavy (non-hydrogen) atoms. The molecule has 1 saturated heterocycles. The smallest absolute Gasteiger partial charge is 0.123 e. The van der Waals surface area contributed by atoms with E-state index in [1.165, 1.54) is 22.3 Å². The van der Waals surface area contributed by atoms with E-state index < -0.39 is 0 Å². The van der Waals surface area contributed by atoms with Crippen LogP contribution in [0.2, 0.25) is 0 Å². The Balaban J connectivity index is 1.18. The third kappa shape index (κ3) is 6.20. The molecular weight excluding hydrogens is 436 g/mol. The fourth-order valence-corrected chi connectivity index (χ4v) is 5.12. The van der Waals surface area contributed by atoms with Gasteiger partial charge in [-0.1, -0.05) is 24.3 Å². The van der Waals surface area contributed by atoms with E-state index >= 15 is 0 Å². The van der Waals surface area contributed by atoms with Crippen LogP contribution in [0.15, 0.2) is 60.8 Å². The Labute approximate surface area is 209 Å². The number of hydrogen-bond donors (Lipinski definition) is 0. The maximum atomic E-state index is 6.10. The van der Waals surface area contributed by atoms with Crippen LogP contribution in [-0.2, 0) is 26.2 Å². The summed E-state index contributed by atoms with van der Waals surface area (Å²) in [5.41, 5.74) is 6.30. The van der Waals surface area contributed by atoms with Gasteiger partial charge in [-0.2, -0.15) is 0 Å². The van der Waals surface area contributed by atoms with Crippen molar-refractivity contribution in [2.45, 2.75) is 33.1 Å². The normalized spacial score (nSPS) is 17.4. The summed E-state index contributed by atoms with van der Waals surface area (Å²) < 4.78 is 11.5. The first-order valence-electron chi connectivity index (χ1n) is 12.6. The zero-order valence-corrected chi connectivity index (χ0v) is 20.9. The van der Waals surface area contributed by atoms with Gasteiger partial charge in [0, 0.05) is 70.7 Å². The summed E-state index contributed by atoms with van der Waals surface area (Å²) in [5.74, 6) is 1.97. The van der Waals surface area contributed by atoms with E-state index in [2.05, 4.69) is 75.1 Å². The first kappa shape index (κ1) is 23.8. The van der Waals surface area contributed by atoms with Crippen LogP contribution < -0.4 is 9.47 Å². The number of aryl methyl sites for hydroxylation is 1. The zero-order valence-electron chi connectivity index (χ0n) is 20.9. The molecule has 0 radical (unpaired) electrons. The Kier molecular flexibility index (Phi) is 7.62. The van der Waals surface area contributed by atoms with Gasteiger partial charge in [-0.05, 0) is 53.9 Å². The number of methoxy groups -OCH3 is 1. The van der Waals surface area contributed by atoms with Crippen molar-refractivity contribution in [2.24, 2.45) is 0 Å². The molecule has 0 spiro atoms. The molecule has 5 rings (SSSR count). The van der Waals surface area contributed by atoms with Gasteiger partial charge in [0.25, 0.3) is 0 Å². The van der Waals surface area contributed by atoms with E-state index in [1.54, 1.807) is 7.11 Å². The van der Waals surface area contributed by atoms with Crippen LogP contribution >= 0.6 is 0 Å². The predicted octanol–water partition coefficient (Wildman–Crippen LogP) is 4.11. The molecule has 0 unspecified atom stereocenters. The third-order valence-electron chi connectivity index (χ3n) is 7.03. The molecule has 6 nitrogen and oxygen atoms in total. The number of piperazine rings is 1. The van der Waals surface area contributed by atoms with Gasteiger partial charge in [0.2, 0.25) is 0 Å². The Morgan fingerprint density at radius 2 is 1.57 bits per heavy atom. The Morgan fingerprint density at radius 1 is 0.829 bits per heavy atom. The van der Waals surface area contributed by atoms with Crippen LogP contribution in [0.4, 0.5) is 0 Å². The number of ether oxygens (including phenoxy) is 2. The molecule has 3 aromatic rings. The van der Waals surface area contributed by atoms with Crippen molar-refractivity contribution >= 4 is 0 Å². The van der Waals surface area contributed by atoms with Gasteiger partial charge in [-0.15, -0.1) is 0 Å².